The summed E-state index contributed by atoms with van der Waals surface area (Å²) in [5.74, 6) is 0.0933. The van der Waals surface area contributed by atoms with E-state index in [2.05, 4.69) is 5.10 Å². The van der Waals surface area contributed by atoms with Gasteiger partial charge in [0.1, 0.15) is 0 Å². The van der Waals surface area contributed by atoms with Crippen LogP contribution < -0.4 is 5.73 Å². The van der Waals surface area contributed by atoms with Gasteiger partial charge in [0.05, 0.1) is 18.3 Å². The van der Waals surface area contributed by atoms with E-state index < -0.39 is 0 Å². The molecule has 0 atom stereocenters. The highest BCUT2D eigenvalue weighted by Crippen LogP contribution is 2.12. The first-order valence-electron chi connectivity index (χ1n) is 5.33. The van der Waals surface area contributed by atoms with Crippen LogP contribution in [0.25, 0.3) is 0 Å². The predicted octanol–water partition coefficient (Wildman–Crippen LogP) is 0.500. The van der Waals surface area contributed by atoms with Crippen molar-refractivity contribution in [3.63, 3.8) is 0 Å². The summed E-state index contributed by atoms with van der Waals surface area (Å²) in [5.41, 5.74) is 6.08. The first-order valence-corrected chi connectivity index (χ1v) is 5.33. The first-order chi connectivity index (χ1) is 7.31. The Balaban J connectivity index is 0.00000128. The van der Waals surface area contributed by atoms with Gasteiger partial charge in [-0.2, -0.15) is 5.10 Å². The zero-order valence-corrected chi connectivity index (χ0v) is 9.95. The molecule has 2 rings (SSSR count). The molecule has 1 aliphatic heterocycles. The Morgan fingerprint density at radius 2 is 2.12 bits per heavy atom. The molecule has 16 heavy (non-hydrogen) atoms. The second-order valence-corrected chi connectivity index (χ2v) is 3.78. The van der Waals surface area contributed by atoms with Crippen LogP contribution in [0.2, 0.25) is 0 Å². The highest BCUT2D eigenvalue weighted by Gasteiger charge is 2.20. The third-order valence-electron chi connectivity index (χ3n) is 2.63. The van der Waals surface area contributed by atoms with Gasteiger partial charge in [0, 0.05) is 25.8 Å². The number of aromatic nitrogens is 2. The fourth-order valence-corrected chi connectivity index (χ4v) is 1.83. The lowest BCUT2D eigenvalue weighted by Crippen LogP contribution is -2.27. The molecule has 5 nitrogen and oxygen atoms in total. The van der Waals surface area contributed by atoms with E-state index in [1.807, 2.05) is 4.90 Å². The lowest BCUT2D eigenvalue weighted by Gasteiger charge is -2.13. The van der Waals surface area contributed by atoms with E-state index in [0.29, 0.717) is 18.7 Å². The molecule has 0 radical (unpaired) electrons. The highest BCUT2D eigenvalue weighted by molar-refractivity contribution is 5.93. The standard InChI is InChI=1S/C10H16N4O.ClH/c11-3-6-14-8-9(7-12-14)10(15)13-4-1-2-5-13;/h7-8H,1-6,11H2;1H. The van der Waals surface area contributed by atoms with Crippen molar-refractivity contribution < 1.29 is 4.79 Å². The van der Waals surface area contributed by atoms with E-state index in [1.54, 1.807) is 17.1 Å². The lowest BCUT2D eigenvalue weighted by atomic mass is 10.3. The molecule has 1 fully saturated rings. The molecule has 0 saturated carbocycles. The van der Waals surface area contributed by atoms with Crippen molar-refractivity contribution in [2.45, 2.75) is 19.4 Å². The number of carbonyl (C=O) groups excluding carboxylic acids is 1. The molecule has 0 aliphatic carbocycles. The van der Waals surface area contributed by atoms with E-state index in [4.69, 9.17) is 5.73 Å². The van der Waals surface area contributed by atoms with Crippen LogP contribution in [0.3, 0.4) is 0 Å². The number of nitrogens with two attached hydrogens (primary N) is 1. The van der Waals surface area contributed by atoms with E-state index in [0.717, 1.165) is 25.9 Å². The molecule has 0 bridgehead atoms. The minimum Gasteiger partial charge on any atom is -0.339 e. The van der Waals surface area contributed by atoms with Crippen molar-refractivity contribution in [2.75, 3.05) is 19.6 Å². The van der Waals surface area contributed by atoms with Crippen molar-refractivity contribution in [3.05, 3.63) is 18.0 Å². The molecular formula is C10H17ClN4O. The van der Waals surface area contributed by atoms with Gasteiger partial charge in [-0.25, -0.2) is 0 Å². The zero-order valence-electron chi connectivity index (χ0n) is 9.13. The summed E-state index contributed by atoms with van der Waals surface area (Å²) in [7, 11) is 0. The summed E-state index contributed by atoms with van der Waals surface area (Å²) in [6.45, 7) is 2.95. The number of carbonyl (C=O) groups is 1. The maximum Gasteiger partial charge on any atom is 0.257 e. The molecule has 90 valence electrons. The summed E-state index contributed by atoms with van der Waals surface area (Å²) < 4.78 is 1.71. The molecule has 1 amide bonds. The Bertz CT molecular complexity index is 346. The van der Waals surface area contributed by atoms with Crippen LogP contribution in [0.15, 0.2) is 12.4 Å². The fourth-order valence-electron chi connectivity index (χ4n) is 1.83. The third-order valence-corrected chi connectivity index (χ3v) is 2.63. The second-order valence-electron chi connectivity index (χ2n) is 3.78. The molecule has 0 spiro atoms. The van der Waals surface area contributed by atoms with Gasteiger partial charge in [-0.05, 0) is 12.8 Å². The van der Waals surface area contributed by atoms with Crippen LogP contribution in [0.1, 0.15) is 23.2 Å². The quantitative estimate of drug-likeness (QED) is 0.842. The average Bonchev–Trinajstić information content (AvgIpc) is 2.87. The Labute approximate surface area is 101 Å². The number of nitrogens with zero attached hydrogens (tertiary/aromatic N) is 3. The molecule has 2 N–H and O–H groups in total. The monoisotopic (exact) mass is 244 g/mol. The third kappa shape index (κ3) is 2.74. The Kier molecular flexibility index (Phi) is 4.76. The van der Waals surface area contributed by atoms with Gasteiger partial charge >= 0.3 is 0 Å². The summed E-state index contributed by atoms with van der Waals surface area (Å²) in [4.78, 5) is 13.8. The normalized spacial score (nSPS) is 14.9. The topological polar surface area (TPSA) is 64.2 Å². The fraction of sp³-hybridized carbons (Fsp3) is 0.600. The number of hydrogen-bond donors (Lipinski definition) is 1. The van der Waals surface area contributed by atoms with Gasteiger partial charge in [-0.15, -0.1) is 12.4 Å². The predicted molar refractivity (Wildman–Crippen MR) is 63.7 cm³/mol. The lowest BCUT2D eigenvalue weighted by molar-refractivity contribution is 0.0792. The van der Waals surface area contributed by atoms with Crippen molar-refractivity contribution in [1.29, 1.82) is 0 Å². The van der Waals surface area contributed by atoms with Gasteiger partial charge in [0.25, 0.3) is 5.91 Å². The molecule has 0 unspecified atom stereocenters. The Hall–Kier alpha value is -1.07. The SMILES string of the molecule is Cl.NCCn1cc(C(=O)N2CCCC2)cn1. The van der Waals surface area contributed by atoms with E-state index in [1.165, 1.54) is 0 Å². The zero-order chi connectivity index (χ0) is 10.7. The average molecular weight is 245 g/mol. The summed E-state index contributed by atoms with van der Waals surface area (Å²) in [6.07, 6.45) is 5.62. The van der Waals surface area contributed by atoms with Crippen LogP contribution in [0.5, 0.6) is 0 Å². The van der Waals surface area contributed by atoms with Crippen molar-refractivity contribution in [3.8, 4) is 0 Å². The number of likely N-dealkylation sites (tertiary alicyclic amines) is 1. The summed E-state index contributed by atoms with van der Waals surface area (Å²) >= 11 is 0. The van der Waals surface area contributed by atoms with Gasteiger partial charge in [0.15, 0.2) is 0 Å². The molecule has 1 aromatic heterocycles. The number of amides is 1. The molecule has 1 aliphatic rings. The van der Waals surface area contributed by atoms with Crippen LogP contribution in [-0.4, -0.2) is 40.2 Å². The van der Waals surface area contributed by atoms with Crippen molar-refractivity contribution in [1.82, 2.24) is 14.7 Å². The number of hydrogen-bond acceptors (Lipinski definition) is 3. The minimum absolute atomic E-state index is 0. The number of halogens is 1. The molecular weight excluding hydrogens is 228 g/mol. The smallest absolute Gasteiger partial charge is 0.257 e. The molecule has 1 aromatic rings. The van der Waals surface area contributed by atoms with Gasteiger partial charge < -0.3 is 10.6 Å². The Morgan fingerprint density at radius 3 is 2.75 bits per heavy atom. The molecule has 0 aromatic carbocycles. The van der Waals surface area contributed by atoms with Gasteiger partial charge in [-0.1, -0.05) is 0 Å². The second kappa shape index (κ2) is 5.86. The molecule has 1 saturated heterocycles. The van der Waals surface area contributed by atoms with E-state index >= 15 is 0 Å². The summed E-state index contributed by atoms with van der Waals surface area (Å²) in [6, 6.07) is 0. The van der Waals surface area contributed by atoms with E-state index in [-0.39, 0.29) is 18.3 Å². The van der Waals surface area contributed by atoms with Crippen LogP contribution >= 0.6 is 12.4 Å². The van der Waals surface area contributed by atoms with E-state index in [9.17, 15) is 4.79 Å². The first kappa shape index (κ1) is 13.0. The largest absolute Gasteiger partial charge is 0.339 e. The van der Waals surface area contributed by atoms with Crippen LogP contribution in [-0.2, 0) is 6.54 Å². The van der Waals surface area contributed by atoms with Gasteiger partial charge in [0.2, 0.25) is 0 Å². The maximum absolute atomic E-state index is 11.9. The molecule has 6 heteroatoms. The van der Waals surface area contributed by atoms with Gasteiger partial charge in [-0.3, -0.25) is 9.48 Å². The Morgan fingerprint density at radius 1 is 1.44 bits per heavy atom. The van der Waals surface area contributed by atoms with Crippen LogP contribution in [0.4, 0.5) is 0 Å². The minimum atomic E-state index is 0. The highest BCUT2D eigenvalue weighted by atomic mass is 35.5. The van der Waals surface area contributed by atoms with Crippen LogP contribution in [0, 0.1) is 0 Å². The van der Waals surface area contributed by atoms with Crippen molar-refractivity contribution >= 4 is 18.3 Å². The van der Waals surface area contributed by atoms with Crippen molar-refractivity contribution in [2.24, 2.45) is 5.73 Å². The molecule has 2 heterocycles. The number of rotatable bonds is 3. The summed E-state index contributed by atoms with van der Waals surface area (Å²) in [5, 5.41) is 4.09. The maximum atomic E-state index is 11.9.